The normalized spacial score (nSPS) is 14.6. The summed E-state index contributed by atoms with van der Waals surface area (Å²) in [6.45, 7) is 17.3. The number of hydrogen-bond acceptors (Lipinski definition) is 4. The fourth-order valence-corrected chi connectivity index (χ4v) is 5.76. The van der Waals surface area contributed by atoms with Gasteiger partial charge in [-0.05, 0) is 80.7 Å². The summed E-state index contributed by atoms with van der Waals surface area (Å²) in [5, 5.41) is 6.14. The van der Waals surface area contributed by atoms with Gasteiger partial charge in [0.2, 0.25) is 11.8 Å². The molecule has 2 N–H and O–H groups in total. The van der Waals surface area contributed by atoms with Gasteiger partial charge >= 0.3 is 5.97 Å². The molecular weight excluding hydrogens is 584 g/mol. The number of carbonyl (C=O) groups excluding carboxylic acids is 3. The lowest BCUT2D eigenvalue weighted by Crippen LogP contribution is -2.56. The summed E-state index contributed by atoms with van der Waals surface area (Å²) in [5.74, 6) is -2.40. The maximum atomic E-state index is 14.2. The van der Waals surface area contributed by atoms with Crippen LogP contribution in [-0.2, 0) is 19.1 Å². The Hall–Kier alpha value is -4.19. The zero-order valence-electron chi connectivity index (χ0n) is 29.7. The molecule has 252 valence electrons. The van der Waals surface area contributed by atoms with Crippen molar-refractivity contribution in [3.05, 3.63) is 102 Å². The number of carbonyl (C=O) groups is 3. The van der Waals surface area contributed by atoms with E-state index in [-0.39, 0.29) is 17.9 Å². The molecule has 0 saturated heterocycles. The summed E-state index contributed by atoms with van der Waals surface area (Å²) in [4.78, 5) is 41.4. The topological polar surface area (TPSA) is 84.5 Å². The van der Waals surface area contributed by atoms with E-state index in [2.05, 4.69) is 47.9 Å². The Morgan fingerprint density at radius 1 is 0.809 bits per heavy atom. The van der Waals surface area contributed by atoms with Gasteiger partial charge in [-0.3, -0.25) is 14.4 Å². The summed E-state index contributed by atoms with van der Waals surface area (Å²) < 4.78 is 5.82. The Morgan fingerprint density at radius 2 is 1.43 bits per heavy atom. The third-order valence-electron chi connectivity index (χ3n) is 8.24. The minimum Gasteiger partial charge on any atom is -0.460 e. The number of amides is 2. The maximum Gasteiger partial charge on any atom is 0.310 e. The predicted octanol–water partition coefficient (Wildman–Crippen LogP) is 8.85. The first-order chi connectivity index (χ1) is 22.1. The molecule has 0 radical (unpaired) electrons. The van der Waals surface area contributed by atoms with Crippen LogP contribution in [0.5, 0.6) is 0 Å². The predicted molar refractivity (Wildman–Crippen MR) is 192 cm³/mol. The molecule has 0 unspecified atom stereocenters. The maximum absolute atomic E-state index is 14.2. The quantitative estimate of drug-likeness (QED) is 0.183. The van der Waals surface area contributed by atoms with Crippen LogP contribution in [0.25, 0.3) is 17.2 Å². The second-order valence-corrected chi connectivity index (χ2v) is 14.6. The average molecular weight is 639 g/mol. The summed E-state index contributed by atoms with van der Waals surface area (Å²) >= 11 is 0. The van der Waals surface area contributed by atoms with Gasteiger partial charge in [0.1, 0.15) is 11.6 Å². The third kappa shape index (κ3) is 11.2. The number of esters is 1. The highest BCUT2D eigenvalue weighted by atomic mass is 16.6. The molecule has 3 aromatic rings. The molecule has 6 heteroatoms. The molecule has 6 nitrogen and oxygen atoms in total. The van der Waals surface area contributed by atoms with E-state index in [9.17, 15) is 14.4 Å². The van der Waals surface area contributed by atoms with Crippen molar-refractivity contribution in [2.75, 3.05) is 0 Å². The second kappa shape index (κ2) is 16.6. The standard InChI is InChI=1S/C41H54N2O4/c1-10-18-35(39(46)47-41(7,8)9)34(24-17-19-30-25-26-33(28(2)27-30)32-22-15-12-16-23-32)37(44)43-36(40(4,5)6)38(45)42-29(3)31-20-13-11-14-21-31/h11-17,19-23,25-27,29,34-36H,10,18,24H2,1-9H3,(H,42,45)(H,43,44)/t29-,34-,35+,36-/m1/s1. The Morgan fingerprint density at radius 3 is 1.98 bits per heavy atom. The van der Waals surface area contributed by atoms with Crippen LogP contribution < -0.4 is 10.6 Å². The van der Waals surface area contributed by atoms with Gasteiger partial charge in [0.05, 0.1) is 17.9 Å². The van der Waals surface area contributed by atoms with E-state index >= 15 is 0 Å². The Bertz CT molecular complexity index is 1500. The van der Waals surface area contributed by atoms with Crippen LogP contribution in [0.4, 0.5) is 0 Å². The molecular formula is C41H54N2O4. The Labute approximate surface area is 282 Å². The third-order valence-corrected chi connectivity index (χ3v) is 8.24. The summed E-state index contributed by atoms with van der Waals surface area (Å²) in [5.41, 5.74) is 4.18. The van der Waals surface area contributed by atoms with Gasteiger partial charge in [-0.25, -0.2) is 0 Å². The summed E-state index contributed by atoms with van der Waals surface area (Å²) in [7, 11) is 0. The van der Waals surface area contributed by atoms with E-state index in [4.69, 9.17) is 4.74 Å². The van der Waals surface area contributed by atoms with Gasteiger partial charge in [0.25, 0.3) is 0 Å². The van der Waals surface area contributed by atoms with E-state index in [1.165, 1.54) is 5.56 Å². The van der Waals surface area contributed by atoms with Gasteiger partial charge in [-0.1, -0.05) is 125 Å². The highest BCUT2D eigenvalue weighted by Gasteiger charge is 2.39. The lowest BCUT2D eigenvalue weighted by atomic mass is 9.82. The number of allylic oxidation sites excluding steroid dienone is 1. The first-order valence-electron chi connectivity index (χ1n) is 16.8. The molecule has 0 saturated carbocycles. The van der Waals surface area contributed by atoms with Crippen molar-refractivity contribution in [2.45, 2.75) is 99.3 Å². The van der Waals surface area contributed by atoms with Gasteiger partial charge in [0.15, 0.2) is 0 Å². The summed E-state index contributed by atoms with van der Waals surface area (Å²) in [6, 6.07) is 25.2. The zero-order chi connectivity index (χ0) is 34.8. The van der Waals surface area contributed by atoms with Crippen LogP contribution >= 0.6 is 0 Å². The number of rotatable bonds is 13. The number of aryl methyl sites for hydroxylation is 1. The van der Waals surface area contributed by atoms with E-state index in [0.717, 1.165) is 22.3 Å². The monoisotopic (exact) mass is 638 g/mol. The zero-order valence-corrected chi connectivity index (χ0v) is 29.7. The van der Waals surface area contributed by atoms with E-state index in [1.54, 1.807) is 0 Å². The molecule has 3 aromatic carbocycles. The minimum atomic E-state index is -0.818. The largest absolute Gasteiger partial charge is 0.460 e. The van der Waals surface area contributed by atoms with Crippen molar-refractivity contribution in [3.63, 3.8) is 0 Å². The molecule has 0 aromatic heterocycles. The molecule has 4 atom stereocenters. The van der Waals surface area contributed by atoms with Gasteiger partial charge in [-0.15, -0.1) is 0 Å². The number of ether oxygens (including phenoxy) is 1. The van der Waals surface area contributed by atoms with Crippen LogP contribution in [-0.4, -0.2) is 29.4 Å². The highest BCUT2D eigenvalue weighted by Crippen LogP contribution is 2.29. The van der Waals surface area contributed by atoms with Crippen molar-refractivity contribution in [3.8, 4) is 11.1 Å². The average Bonchev–Trinajstić information content (AvgIpc) is 3.00. The van der Waals surface area contributed by atoms with E-state index in [1.807, 2.05) is 116 Å². The lowest BCUT2D eigenvalue weighted by molar-refractivity contribution is -0.164. The molecule has 3 rings (SSSR count). The van der Waals surface area contributed by atoms with Crippen LogP contribution in [0.3, 0.4) is 0 Å². The fraction of sp³-hybridized carbons (Fsp3) is 0.439. The van der Waals surface area contributed by atoms with E-state index < -0.39 is 34.9 Å². The molecule has 0 spiro atoms. The van der Waals surface area contributed by atoms with Crippen molar-refractivity contribution >= 4 is 23.9 Å². The van der Waals surface area contributed by atoms with Crippen molar-refractivity contribution in [1.29, 1.82) is 0 Å². The van der Waals surface area contributed by atoms with Gasteiger partial charge in [0, 0.05) is 0 Å². The highest BCUT2D eigenvalue weighted by molar-refractivity contribution is 5.91. The van der Waals surface area contributed by atoms with Crippen molar-refractivity contribution in [2.24, 2.45) is 17.3 Å². The molecule has 2 amide bonds. The van der Waals surface area contributed by atoms with Crippen molar-refractivity contribution in [1.82, 2.24) is 10.6 Å². The van der Waals surface area contributed by atoms with Crippen LogP contribution in [0.15, 0.2) is 84.9 Å². The molecule has 0 heterocycles. The number of hydrogen-bond donors (Lipinski definition) is 2. The Balaban J connectivity index is 1.89. The van der Waals surface area contributed by atoms with Crippen LogP contribution in [0.2, 0.25) is 0 Å². The van der Waals surface area contributed by atoms with E-state index in [0.29, 0.717) is 19.3 Å². The van der Waals surface area contributed by atoms with Gasteiger partial charge in [-0.2, -0.15) is 0 Å². The summed E-state index contributed by atoms with van der Waals surface area (Å²) in [6.07, 6.45) is 5.46. The molecule has 0 aliphatic carbocycles. The van der Waals surface area contributed by atoms with Crippen LogP contribution in [0.1, 0.15) is 97.4 Å². The number of benzene rings is 3. The minimum absolute atomic E-state index is 0.240. The number of nitrogens with one attached hydrogen (secondary N) is 2. The molecule has 47 heavy (non-hydrogen) atoms. The van der Waals surface area contributed by atoms with Gasteiger partial charge < -0.3 is 15.4 Å². The smallest absolute Gasteiger partial charge is 0.310 e. The second-order valence-electron chi connectivity index (χ2n) is 14.6. The first-order valence-corrected chi connectivity index (χ1v) is 16.8. The lowest BCUT2D eigenvalue weighted by Gasteiger charge is -2.34. The molecule has 0 aliphatic rings. The van der Waals surface area contributed by atoms with Crippen molar-refractivity contribution < 1.29 is 19.1 Å². The molecule has 0 fully saturated rings. The Kier molecular flexibility index (Phi) is 13.1. The fourth-order valence-electron chi connectivity index (χ4n) is 5.76. The SMILES string of the molecule is CCC[C@H](C(=O)OC(C)(C)C)[C@@H](CC=Cc1ccc(-c2ccccc2)c(C)c1)C(=O)N[C@H](C(=O)N[C@H](C)c1ccccc1)C(C)(C)C. The first kappa shape index (κ1) is 37.3. The molecule has 0 bridgehead atoms. The van der Waals surface area contributed by atoms with Crippen LogP contribution in [0, 0.1) is 24.2 Å². The molecule has 0 aliphatic heterocycles.